The standard InChI is InChI=1S/C14H16N2O5/c1-5-21-14(17)11-8(3)10-9(15-11)6-7(2)13(20-4)12(10)16(18)19/h6,15H,5H2,1-4H3. The number of hydrogen-bond acceptors (Lipinski definition) is 5. The van der Waals surface area contributed by atoms with Gasteiger partial charge < -0.3 is 14.5 Å². The van der Waals surface area contributed by atoms with Crippen LogP contribution in [0.15, 0.2) is 6.07 Å². The van der Waals surface area contributed by atoms with E-state index in [1.54, 1.807) is 26.8 Å². The van der Waals surface area contributed by atoms with E-state index in [9.17, 15) is 14.9 Å². The number of aryl methyl sites for hydroxylation is 2. The number of hydrogen-bond donors (Lipinski definition) is 1. The maximum atomic E-state index is 11.9. The van der Waals surface area contributed by atoms with Gasteiger partial charge in [-0.15, -0.1) is 0 Å². The van der Waals surface area contributed by atoms with E-state index in [2.05, 4.69) is 4.98 Å². The fourth-order valence-corrected chi connectivity index (χ4v) is 2.45. The number of aromatic amines is 1. The molecule has 21 heavy (non-hydrogen) atoms. The molecule has 0 saturated carbocycles. The Balaban J connectivity index is 2.83. The van der Waals surface area contributed by atoms with Crippen LogP contribution < -0.4 is 4.74 Å². The molecule has 2 aromatic rings. The van der Waals surface area contributed by atoms with E-state index >= 15 is 0 Å². The van der Waals surface area contributed by atoms with Gasteiger partial charge in [0.25, 0.3) is 0 Å². The van der Waals surface area contributed by atoms with E-state index in [0.29, 0.717) is 22.0 Å². The van der Waals surface area contributed by atoms with Crippen molar-refractivity contribution in [3.63, 3.8) is 0 Å². The van der Waals surface area contributed by atoms with Crippen molar-refractivity contribution in [2.24, 2.45) is 0 Å². The van der Waals surface area contributed by atoms with Crippen molar-refractivity contribution in [3.05, 3.63) is 33.0 Å². The SMILES string of the molecule is CCOC(=O)c1[nH]c2cc(C)c(OC)c([N+](=O)[O-])c2c1C. The predicted molar refractivity (Wildman–Crippen MR) is 76.9 cm³/mol. The van der Waals surface area contributed by atoms with Gasteiger partial charge in [-0.05, 0) is 32.4 Å². The number of carbonyl (C=O) groups is 1. The van der Waals surface area contributed by atoms with Gasteiger partial charge in [0.15, 0.2) is 0 Å². The lowest BCUT2D eigenvalue weighted by Crippen LogP contribution is -2.06. The number of fused-ring (bicyclic) bond motifs is 1. The molecule has 0 bridgehead atoms. The van der Waals surface area contributed by atoms with Crippen LogP contribution in [0.4, 0.5) is 5.69 Å². The van der Waals surface area contributed by atoms with Crippen LogP contribution in [-0.2, 0) is 4.74 Å². The first kappa shape index (κ1) is 14.8. The van der Waals surface area contributed by atoms with Crippen LogP contribution in [-0.4, -0.2) is 29.6 Å². The quantitative estimate of drug-likeness (QED) is 0.531. The molecule has 1 aromatic carbocycles. The molecule has 0 aliphatic carbocycles. The van der Waals surface area contributed by atoms with Gasteiger partial charge in [-0.3, -0.25) is 10.1 Å². The maximum Gasteiger partial charge on any atom is 0.355 e. The minimum absolute atomic E-state index is 0.142. The number of carbonyl (C=O) groups excluding carboxylic acids is 1. The molecule has 7 nitrogen and oxygen atoms in total. The number of rotatable bonds is 4. The van der Waals surface area contributed by atoms with Crippen molar-refractivity contribution >= 4 is 22.6 Å². The van der Waals surface area contributed by atoms with E-state index in [-0.39, 0.29) is 23.7 Å². The van der Waals surface area contributed by atoms with Crippen molar-refractivity contribution in [3.8, 4) is 5.75 Å². The number of nitro benzene ring substituents is 1. The number of nitrogens with zero attached hydrogens (tertiary/aromatic N) is 1. The summed E-state index contributed by atoms with van der Waals surface area (Å²) in [5.74, 6) is -0.331. The first-order valence-electron chi connectivity index (χ1n) is 6.43. The molecule has 1 aromatic heterocycles. The topological polar surface area (TPSA) is 94.5 Å². The summed E-state index contributed by atoms with van der Waals surface area (Å²) in [4.78, 5) is 25.7. The second-order valence-electron chi connectivity index (χ2n) is 4.60. The summed E-state index contributed by atoms with van der Waals surface area (Å²) in [5, 5.41) is 11.8. The van der Waals surface area contributed by atoms with Crippen LogP contribution >= 0.6 is 0 Å². The largest absolute Gasteiger partial charge is 0.490 e. The van der Waals surface area contributed by atoms with E-state index in [0.717, 1.165) is 0 Å². The number of ether oxygens (including phenoxy) is 2. The zero-order valence-corrected chi connectivity index (χ0v) is 12.3. The van der Waals surface area contributed by atoms with Crippen LogP contribution in [0.5, 0.6) is 5.75 Å². The van der Waals surface area contributed by atoms with Gasteiger partial charge in [0, 0.05) is 5.56 Å². The molecule has 0 fully saturated rings. The highest BCUT2D eigenvalue weighted by molar-refractivity contribution is 6.03. The van der Waals surface area contributed by atoms with Gasteiger partial charge in [-0.1, -0.05) is 0 Å². The lowest BCUT2D eigenvalue weighted by atomic mass is 10.1. The monoisotopic (exact) mass is 292 g/mol. The molecule has 2 rings (SSSR count). The van der Waals surface area contributed by atoms with Crippen LogP contribution in [0.1, 0.15) is 28.5 Å². The molecule has 0 unspecified atom stereocenters. The van der Waals surface area contributed by atoms with E-state index in [1.165, 1.54) is 7.11 Å². The minimum atomic E-state index is -0.530. The number of H-pyrrole nitrogens is 1. The molecule has 7 heteroatoms. The molecule has 0 saturated heterocycles. The Morgan fingerprint density at radius 3 is 2.62 bits per heavy atom. The molecular formula is C14H16N2O5. The summed E-state index contributed by atoms with van der Waals surface area (Å²) in [6.07, 6.45) is 0. The van der Waals surface area contributed by atoms with Crippen LogP contribution in [0, 0.1) is 24.0 Å². The summed E-state index contributed by atoms with van der Waals surface area (Å²) in [6.45, 7) is 5.29. The van der Waals surface area contributed by atoms with Crippen LogP contribution in [0.25, 0.3) is 10.9 Å². The Morgan fingerprint density at radius 1 is 1.43 bits per heavy atom. The van der Waals surface area contributed by atoms with Crippen molar-refractivity contribution in [1.29, 1.82) is 0 Å². The molecule has 0 radical (unpaired) electrons. The number of nitro groups is 1. The molecule has 1 N–H and O–H groups in total. The average Bonchev–Trinajstić information content (AvgIpc) is 2.74. The van der Waals surface area contributed by atoms with Crippen LogP contribution in [0.3, 0.4) is 0 Å². The van der Waals surface area contributed by atoms with Gasteiger partial charge >= 0.3 is 11.7 Å². The normalized spacial score (nSPS) is 10.7. The molecular weight excluding hydrogens is 276 g/mol. The van der Waals surface area contributed by atoms with E-state index in [4.69, 9.17) is 9.47 Å². The van der Waals surface area contributed by atoms with Crippen molar-refractivity contribution in [1.82, 2.24) is 4.98 Å². The number of nitrogens with one attached hydrogen (secondary N) is 1. The molecule has 112 valence electrons. The second-order valence-corrected chi connectivity index (χ2v) is 4.60. The summed E-state index contributed by atoms with van der Waals surface area (Å²) >= 11 is 0. The molecule has 0 atom stereocenters. The Labute approximate surface area is 121 Å². The van der Waals surface area contributed by atoms with Gasteiger partial charge in [0.05, 0.1) is 29.5 Å². The highest BCUT2D eigenvalue weighted by Gasteiger charge is 2.28. The van der Waals surface area contributed by atoms with Gasteiger partial charge in [0.1, 0.15) is 5.69 Å². The van der Waals surface area contributed by atoms with Crippen molar-refractivity contribution in [2.45, 2.75) is 20.8 Å². The molecule has 0 spiro atoms. The third-order valence-corrected chi connectivity index (χ3v) is 3.32. The smallest absolute Gasteiger partial charge is 0.355 e. The summed E-state index contributed by atoms with van der Waals surface area (Å²) in [5.41, 5.74) is 1.70. The second kappa shape index (κ2) is 5.43. The highest BCUT2D eigenvalue weighted by Crippen LogP contribution is 2.40. The zero-order chi connectivity index (χ0) is 15.7. The molecule has 0 aliphatic heterocycles. The lowest BCUT2D eigenvalue weighted by Gasteiger charge is -2.06. The van der Waals surface area contributed by atoms with Crippen molar-refractivity contribution < 1.29 is 19.2 Å². The van der Waals surface area contributed by atoms with E-state index < -0.39 is 10.9 Å². The summed E-state index contributed by atoms with van der Waals surface area (Å²) < 4.78 is 10.1. The predicted octanol–water partition coefficient (Wildman–Crippen LogP) is 2.88. The molecule has 0 aliphatic rings. The third kappa shape index (κ3) is 2.31. The lowest BCUT2D eigenvalue weighted by molar-refractivity contribution is -0.384. The Hall–Kier alpha value is -2.57. The number of benzene rings is 1. The highest BCUT2D eigenvalue weighted by atomic mass is 16.6. The zero-order valence-electron chi connectivity index (χ0n) is 12.3. The Bertz CT molecular complexity index is 733. The number of methoxy groups -OCH3 is 1. The summed E-state index contributed by atoms with van der Waals surface area (Å²) in [7, 11) is 1.38. The minimum Gasteiger partial charge on any atom is -0.490 e. The molecule has 1 heterocycles. The Morgan fingerprint density at radius 2 is 2.10 bits per heavy atom. The fourth-order valence-electron chi connectivity index (χ4n) is 2.45. The Kier molecular flexibility index (Phi) is 3.84. The van der Waals surface area contributed by atoms with Crippen molar-refractivity contribution in [2.75, 3.05) is 13.7 Å². The maximum absolute atomic E-state index is 11.9. The van der Waals surface area contributed by atoms with Crippen LogP contribution in [0.2, 0.25) is 0 Å². The number of esters is 1. The third-order valence-electron chi connectivity index (χ3n) is 3.32. The van der Waals surface area contributed by atoms with Gasteiger partial charge in [-0.2, -0.15) is 0 Å². The fraction of sp³-hybridized carbons (Fsp3) is 0.357. The average molecular weight is 292 g/mol. The first-order chi connectivity index (χ1) is 9.92. The van der Waals surface area contributed by atoms with Gasteiger partial charge in [0.2, 0.25) is 5.75 Å². The first-order valence-corrected chi connectivity index (χ1v) is 6.43. The summed E-state index contributed by atoms with van der Waals surface area (Å²) in [6, 6.07) is 1.72. The van der Waals surface area contributed by atoms with E-state index in [1.807, 2.05) is 0 Å². The molecule has 0 amide bonds. The van der Waals surface area contributed by atoms with Gasteiger partial charge in [-0.25, -0.2) is 4.79 Å². The number of aromatic nitrogens is 1.